The van der Waals surface area contributed by atoms with E-state index >= 15 is 0 Å². The fraction of sp³-hybridized carbons (Fsp3) is 0.350. The Morgan fingerprint density at radius 2 is 1.80 bits per heavy atom. The zero-order valence-electron chi connectivity index (χ0n) is 14.4. The Morgan fingerprint density at radius 3 is 2.48 bits per heavy atom. The van der Waals surface area contributed by atoms with Crippen LogP contribution in [0.5, 0.6) is 0 Å². The number of aryl methyl sites for hydroxylation is 1. The Labute approximate surface area is 146 Å². The van der Waals surface area contributed by atoms with E-state index in [9.17, 15) is 13.6 Å². The third-order valence-electron chi connectivity index (χ3n) is 4.69. The molecule has 0 unspecified atom stereocenters. The lowest BCUT2D eigenvalue weighted by molar-refractivity contribution is 0.0771. The van der Waals surface area contributed by atoms with Crippen molar-refractivity contribution in [3.05, 3.63) is 64.7 Å². The van der Waals surface area contributed by atoms with Crippen molar-refractivity contribution < 1.29 is 18.3 Å². The first-order chi connectivity index (χ1) is 12.0. The summed E-state index contributed by atoms with van der Waals surface area (Å²) in [5.74, 6) is -0.993. The van der Waals surface area contributed by atoms with Gasteiger partial charge in [-0.1, -0.05) is 6.07 Å². The largest absolute Gasteiger partial charge is 0.381 e. The molecule has 1 aliphatic heterocycles. The van der Waals surface area contributed by atoms with E-state index in [1.54, 1.807) is 36.9 Å². The summed E-state index contributed by atoms with van der Waals surface area (Å²) in [5, 5.41) is 0. The molecule has 2 aromatic carbocycles. The first-order valence-corrected chi connectivity index (χ1v) is 8.41. The molecule has 5 heteroatoms. The lowest BCUT2D eigenvalue weighted by Crippen LogP contribution is -2.44. The lowest BCUT2D eigenvalue weighted by atomic mass is 10.0. The quantitative estimate of drug-likeness (QED) is 0.825. The van der Waals surface area contributed by atoms with Crippen molar-refractivity contribution in [1.29, 1.82) is 0 Å². The van der Waals surface area contributed by atoms with Crippen molar-refractivity contribution in [3.63, 3.8) is 0 Å². The molecule has 0 radical (unpaired) electrons. The highest BCUT2D eigenvalue weighted by Crippen LogP contribution is 2.28. The van der Waals surface area contributed by atoms with Gasteiger partial charge < -0.3 is 9.64 Å². The summed E-state index contributed by atoms with van der Waals surface area (Å²) in [5.41, 5.74) is 1.75. The molecular weight excluding hydrogens is 324 g/mol. The monoisotopic (exact) mass is 345 g/mol. The van der Waals surface area contributed by atoms with Crippen molar-refractivity contribution in [2.75, 3.05) is 18.1 Å². The summed E-state index contributed by atoms with van der Waals surface area (Å²) < 4.78 is 33.0. The average Bonchev–Trinajstić information content (AvgIpc) is 2.61. The Hall–Kier alpha value is -2.27. The Kier molecular flexibility index (Phi) is 5.13. The zero-order chi connectivity index (χ0) is 18.0. The summed E-state index contributed by atoms with van der Waals surface area (Å²) >= 11 is 0. The highest BCUT2D eigenvalue weighted by molar-refractivity contribution is 6.07. The number of benzene rings is 2. The van der Waals surface area contributed by atoms with Crippen LogP contribution in [0.25, 0.3) is 0 Å². The van der Waals surface area contributed by atoms with Crippen LogP contribution in [-0.4, -0.2) is 25.2 Å². The van der Waals surface area contributed by atoms with Gasteiger partial charge in [-0.2, -0.15) is 0 Å². The van der Waals surface area contributed by atoms with Crippen molar-refractivity contribution in [3.8, 4) is 0 Å². The second-order valence-corrected chi connectivity index (χ2v) is 6.36. The minimum absolute atomic E-state index is 0.0613. The highest BCUT2D eigenvalue weighted by atomic mass is 19.1. The van der Waals surface area contributed by atoms with Crippen LogP contribution in [0.15, 0.2) is 36.4 Å². The molecule has 132 valence electrons. The molecule has 2 aromatic rings. The van der Waals surface area contributed by atoms with Gasteiger partial charge in [0.2, 0.25) is 0 Å². The molecular formula is C20H21F2NO2. The van der Waals surface area contributed by atoms with Gasteiger partial charge in [0.15, 0.2) is 0 Å². The molecule has 0 aromatic heterocycles. The average molecular weight is 345 g/mol. The molecule has 3 nitrogen and oxygen atoms in total. The van der Waals surface area contributed by atoms with E-state index in [-0.39, 0.29) is 17.8 Å². The van der Waals surface area contributed by atoms with Crippen LogP contribution in [0.2, 0.25) is 0 Å². The molecule has 0 saturated carbocycles. The second kappa shape index (κ2) is 7.31. The van der Waals surface area contributed by atoms with Crippen molar-refractivity contribution in [2.24, 2.45) is 0 Å². The van der Waals surface area contributed by atoms with Gasteiger partial charge in [-0.15, -0.1) is 0 Å². The van der Waals surface area contributed by atoms with E-state index in [1.165, 1.54) is 18.2 Å². The molecule has 1 saturated heterocycles. The fourth-order valence-electron chi connectivity index (χ4n) is 3.18. The van der Waals surface area contributed by atoms with Gasteiger partial charge in [0, 0.05) is 30.5 Å². The normalized spacial score (nSPS) is 15.2. The van der Waals surface area contributed by atoms with E-state index in [4.69, 9.17) is 4.74 Å². The van der Waals surface area contributed by atoms with Crippen LogP contribution < -0.4 is 4.90 Å². The molecule has 25 heavy (non-hydrogen) atoms. The van der Waals surface area contributed by atoms with Crippen LogP contribution in [0.4, 0.5) is 14.5 Å². The first kappa shape index (κ1) is 17.5. The predicted molar refractivity (Wildman–Crippen MR) is 92.9 cm³/mol. The minimum atomic E-state index is -0.409. The van der Waals surface area contributed by atoms with Crippen LogP contribution in [-0.2, 0) is 4.74 Å². The van der Waals surface area contributed by atoms with Gasteiger partial charge in [0.25, 0.3) is 5.91 Å². The van der Waals surface area contributed by atoms with Gasteiger partial charge in [-0.05, 0) is 68.1 Å². The maximum Gasteiger partial charge on any atom is 0.258 e. The molecule has 0 bridgehead atoms. The summed E-state index contributed by atoms with van der Waals surface area (Å²) in [4.78, 5) is 14.9. The number of ether oxygens (including phenoxy) is 1. The Morgan fingerprint density at radius 1 is 1.08 bits per heavy atom. The molecule has 3 rings (SSSR count). The lowest BCUT2D eigenvalue weighted by Gasteiger charge is -2.35. The zero-order valence-corrected chi connectivity index (χ0v) is 14.4. The highest BCUT2D eigenvalue weighted by Gasteiger charge is 2.29. The molecule has 0 atom stereocenters. The molecule has 1 fully saturated rings. The van der Waals surface area contributed by atoms with E-state index in [1.807, 2.05) is 0 Å². The number of carbonyl (C=O) groups is 1. The molecule has 1 aliphatic rings. The predicted octanol–water partition coefficient (Wildman–Crippen LogP) is 4.41. The molecule has 1 amide bonds. The summed E-state index contributed by atoms with van der Waals surface area (Å²) in [6, 6.07) is 9.07. The fourth-order valence-corrected chi connectivity index (χ4v) is 3.18. The van der Waals surface area contributed by atoms with Gasteiger partial charge in [-0.25, -0.2) is 8.78 Å². The van der Waals surface area contributed by atoms with Crippen LogP contribution in [0, 0.1) is 25.5 Å². The standard InChI is InChI=1S/C20H21F2NO2/c1-13-12-16(6-7-18(13)21)23(15-8-10-25-11-9-15)20(24)17-4-3-5-19(22)14(17)2/h3-7,12,15H,8-11H2,1-2H3. The number of hydrogen-bond acceptors (Lipinski definition) is 2. The number of hydrogen-bond donors (Lipinski definition) is 0. The number of nitrogens with zero attached hydrogens (tertiary/aromatic N) is 1. The van der Waals surface area contributed by atoms with E-state index < -0.39 is 5.82 Å². The minimum Gasteiger partial charge on any atom is -0.381 e. The summed E-state index contributed by atoms with van der Waals surface area (Å²) in [7, 11) is 0. The third kappa shape index (κ3) is 3.56. The number of amides is 1. The van der Waals surface area contributed by atoms with Gasteiger partial charge in [-0.3, -0.25) is 4.79 Å². The van der Waals surface area contributed by atoms with Crippen molar-refractivity contribution in [2.45, 2.75) is 32.7 Å². The Bertz CT molecular complexity index is 785. The van der Waals surface area contributed by atoms with Gasteiger partial charge in [0.05, 0.1) is 0 Å². The van der Waals surface area contributed by atoms with Crippen LogP contribution in [0.1, 0.15) is 34.3 Å². The molecule has 0 aliphatic carbocycles. The molecule has 1 heterocycles. The molecule has 0 N–H and O–H groups in total. The number of anilines is 1. The summed E-state index contributed by atoms with van der Waals surface area (Å²) in [6.45, 7) is 4.40. The Balaban J connectivity index is 2.05. The number of carbonyl (C=O) groups excluding carboxylic acids is 1. The number of rotatable bonds is 3. The molecule has 0 spiro atoms. The van der Waals surface area contributed by atoms with E-state index in [2.05, 4.69) is 0 Å². The first-order valence-electron chi connectivity index (χ1n) is 8.41. The van der Waals surface area contributed by atoms with Crippen LogP contribution in [0.3, 0.4) is 0 Å². The van der Waals surface area contributed by atoms with Crippen LogP contribution >= 0.6 is 0 Å². The van der Waals surface area contributed by atoms with Gasteiger partial charge >= 0.3 is 0 Å². The van der Waals surface area contributed by atoms with Gasteiger partial charge in [0.1, 0.15) is 11.6 Å². The smallest absolute Gasteiger partial charge is 0.258 e. The SMILES string of the molecule is Cc1cc(N(C(=O)c2cccc(F)c2C)C2CCOCC2)ccc1F. The number of halogens is 2. The summed E-state index contributed by atoms with van der Waals surface area (Å²) in [6.07, 6.45) is 1.38. The second-order valence-electron chi connectivity index (χ2n) is 6.36. The topological polar surface area (TPSA) is 29.5 Å². The maximum atomic E-state index is 13.9. The van der Waals surface area contributed by atoms with E-state index in [0.29, 0.717) is 48.4 Å². The van der Waals surface area contributed by atoms with E-state index in [0.717, 1.165) is 0 Å². The maximum absolute atomic E-state index is 13.9. The third-order valence-corrected chi connectivity index (χ3v) is 4.69. The van der Waals surface area contributed by atoms with Crippen molar-refractivity contribution in [1.82, 2.24) is 0 Å². The van der Waals surface area contributed by atoms with Crippen molar-refractivity contribution >= 4 is 11.6 Å².